The van der Waals surface area contributed by atoms with Crippen molar-refractivity contribution < 1.29 is 4.52 Å². The predicted octanol–water partition coefficient (Wildman–Crippen LogP) is 1.86. The van der Waals surface area contributed by atoms with E-state index in [0.29, 0.717) is 29.7 Å². The van der Waals surface area contributed by atoms with Crippen LogP contribution in [0.25, 0.3) is 5.78 Å². The molecule has 0 radical (unpaired) electrons. The summed E-state index contributed by atoms with van der Waals surface area (Å²) >= 11 is 0. The topological polar surface area (TPSA) is 108 Å². The molecule has 1 aliphatic rings. The van der Waals surface area contributed by atoms with E-state index in [1.165, 1.54) is 0 Å². The highest BCUT2D eigenvalue weighted by Gasteiger charge is 2.36. The van der Waals surface area contributed by atoms with Gasteiger partial charge in [0.1, 0.15) is 0 Å². The smallest absolute Gasteiger partial charge is 0.252 e. The van der Waals surface area contributed by atoms with Crippen molar-refractivity contribution in [2.75, 3.05) is 0 Å². The van der Waals surface area contributed by atoms with Crippen LogP contribution in [0.15, 0.2) is 10.6 Å². The maximum Gasteiger partial charge on any atom is 0.252 e. The SMILES string of the molecule is Cc1cc(C)n2nc(Cc3nc(C4(N)CCCC4)no3)nc2n1.Cl. The Bertz CT molecular complexity index is 866. The van der Waals surface area contributed by atoms with E-state index in [1.807, 2.05) is 19.9 Å². The number of rotatable bonds is 3. The van der Waals surface area contributed by atoms with Crippen molar-refractivity contribution >= 4 is 18.2 Å². The van der Waals surface area contributed by atoms with Crippen LogP contribution in [0.4, 0.5) is 0 Å². The highest BCUT2D eigenvalue weighted by Crippen LogP contribution is 2.34. The first-order valence-electron chi connectivity index (χ1n) is 7.85. The number of aryl methyl sites for hydroxylation is 2. The van der Waals surface area contributed by atoms with Crippen LogP contribution in [-0.2, 0) is 12.0 Å². The average Bonchev–Trinajstić information content (AvgIpc) is 3.19. The monoisotopic (exact) mass is 349 g/mol. The fourth-order valence-electron chi connectivity index (χ4n) is 3.18. The van der Waals surface area contributed by atoms with Gasteiger partial charge in [0, 0.05) is 11.4 Å². The zero-order chi connectivity index (χ0) is 16.0. The summed E-state index contributed by atoms with van der Waals surface area (Å²) in [7, 11) is 0. The molecular formula is C15H20ClN7O. The molecule has 1 aliphatic carbocycles. The highest BCUT2D eigenvalue weighted by atomic mass is 35.5. The molecule has 1 saturated carbocycles. The van der Waals surface area contributed by atoms with Gasteiger partial charge in [0.25, 0.3) is 5.78 Å². The summed E-state index contributed by atoms with van der Waals surface area (Å²) in [5.74, 6) is 2.28. The molecule has 24 heavy (non-hydrogen) atoms. The molecule has 0 saturated heterocycles. The Morgan fingerprint density at radius 3 is 2.71 bits per heavy atom. The van der Waals surface area contributed by atoms with E-state index in [4.69, 9.17) is 10.3 Å². The van der Waals surface area contributed by atoms with Crippen molar-refractivity contribution in [3.63, 3.8) is 0 Å². The minimum absolute atomic E-state index is 0. The normalized spacial score (nSPS) is 16.5. The molecule has 0 amide bonds. The van der Waals surface area contributed by atoms with Crippen molar-refractivity contribution in [3.05, 3.63) is 35.0 Å². The first-order valence-corrected chi connectivity index (χ1v) is 7.85. The Kier molecular flexibility index (Phi) is 4.27. The lowest BCUT2D eigenvalue weighted by Crippen LogP contribution is -2.34. The maximum absolute atomic E-state index is 6.35. The minimum Gasteiger partial charge on any atom is -0.339 e. The van der Waals surface area contributed by atoms with Gasteiger partial charge in [0.2, 0.25) is 5.89 Å². The first-order chi connectivity index (χ1) is 11.0. The summed E-state index contributed by atoms with van der Waals surface area (Å²) in [5.41, 5.74) is 7.82. The Balaban J connectivity index is 0.00000169. The molecule has 128 valence electrons. The summed E-state index contributed by atoms with van der Waals surface area (Å²) in [6.45, 7) is 3.91. The van der Waals surface area contributed by atoms with Gasteiger partial charge in [0.05, 0.1) is 12.0 Å². The molecule has 3 aromatic heterocycles. The fourth-order valence-corrected chi connectivity index (χ4v) is 3.18. The molecule has 0 unspecified atom stereocenters. The quantitative estimate of drug-likeness (QED) is 0.768. The van der Waals surface area contributed by atoms with E-state index < -0.39 is 5.54 Å². The van der Waals surface area contributed by atoms with Crippen molar-refractivity contribution in [1.82, 2.24) is 29.7 Å². The van der Waals surface area contributed by atoms with Crippen LogP contribution in [0.1, 0.15) is 54.6 Å². The second kappa shape index (κ2) is 6.10. The molecule has 2 N–H and O–H groups in total. The molecule has 8 nitrogen and oxygen atoms in total. The third-order valence-electron chi connectivity index (χ3n) is 4.38. The predicted molar refractivity (Wildman–Crippen MR) is 88.9 cm³/mol. The molecule has 3 heterocycles. The standard InChI is InChI=1S/C15H19N7O.ClH/c1-9-7-10(2)22-14(17-9)18-11(20-22)8-12-19-13(21-23-12)15(16)5-3-4-6-15;/h7H,3-6,8,16H2,1-2H3;1H. The summed E-state index contributed by atoms with van der Waals surface area (Å²) in [4.78, 5) is 13.3. The zero-order valence-electron chi connectivity index (χ0n) is 13.7. The molecule has 0 bridgehead atoms. The molecule has 0 aliphatic heterocycles. The van der Waals surface area contributed by atoms with Gasteiger partial charge in [0.15, 0.2) is 11.6 Å². The third-order valence-corrected chi connectivity index (χ3v) is 4.38. The Hall–Kier alpha value is -2.06. The number of fused-ring (bicyclic) bond motifs is 1. The highest BCUT2D eigenvalue weighted by molar-refractivity contribution is 5.85. The molecule has 9 heteroatoms. The van der Waals surface area contributed by atoms with E-state index in [1.54, 1.807) is 4.52 Å². The lowest BCUT2D eigenvalue weighted by Gasteiger charge is -2.17. The van der Waals surface area contributed by atoms with Gasteiger partial charge in [-0.05, 0) is 32.8 Å². The van der Waals surface area contributed by atoms with Gasteiger partial charge in [-0.3, -0.25) is 0 Å². The van der Waals surface area contributed by atoms with E-state index in [2.05, 4.69) is 25.2 Å². The van der Waals surface area contributed by atoms with E-state index in [-0.39, 0.29) is 12.4 Å². The van der Waals surface area contributed by atoms with Crippen LogP contribution in [0, 0.1) is 13.8 Å². The maximum atomic E-state index is 6.35. The molecular weight excluding hydrogens is 330 g/mol. The molecule has 3 aromatic rings. The molecule has 0 atom stereocenters. The second-order valence-corrected chi connectivity index (χ2v) is 6.33. The largest absolute Gasteiger partial charge is 0.339 e. The average molecular weight is 350 g/mol. The lowest BCUT2D eigenvalue weighted by molar-refractivity contribution is 0.351. The Morgan fingerprint density at radius 1 is 1.21 bits per heavy atom. The van der Waals surface area contributed by atoms with Crippen molar-refractivity contribution in [3.8, 4) is 0 Å². The first kappa shape index (κ1) is 16.8. The zero-order valence-corrected chi connectivity index (χ0v) is 14.5. The second-order valence-electron chi connectivity index (χ2n) is 6.33. The van der Waals surface area contributed by atoms with Gasteiger partial charge in [-0.1, -0.05) is 18.0 Å². The third kappa shape index (κ3) is 2.87. The number of halogens is 1. The number of hydrogen-bond donors (Lipinski definition) is 1. The summed E-state index contributed by atoms with van der Waals surface area (Å²) in [5, 5.41) is 8.52. The molecule has 0 spiro atoms. The van der Waals surface area contributed by atoms with Crippen molar-refractivity contribution in [2.24, 2.45) is 5.73 Å². The van der Waals surface area contributed by atoms with E-state index in [0.717, 1.165) is 37.1 Å². The molecule has 1 fully saturated rings. The van der Waals surface area contributed by atoms with Crippen LogP contribution in [-0.4, -0.2) is 29.7 Å². The molecule has 0 aromatic carbocycles. The van der Waals surface area contributed by atoms with Gasteiger partial charge in [-0.15, -0.1) is 17.5 Å². The van der Waals surface area contributed by atoms with Gasteiger partial charge in [-0.2, -0.15) is 9.97 Å². The Labute approximate surface area is 145 Å². The van der Waals surface area contributed by atoms with Crippen LogP contribution >= 0.6 is 12.4 Å². The molecule has 4 rings (SSSR count). The lowest BCUT2D eigenvalue weighted by atomic mass is 9.99. The van der Waals surface area contributed by atoms with Crippen LogP contribution in [0.2, 0.25) is 0 Å². The summed E-state index contributed by atoms with van der Waals surface area (Å²) in [6.07, 6.45) is 4.41. The van der Waals surface area contributed by atoms with Crippen LogP contribution in [0.3, 0.4) is 0 Å². The van der Waals surface area contributed by atoms with Crippen LogP contribution < -0.4 is 5.73 Å². The number of hydrogen-bond acceptors (Lipinski definition) is 7. The minimum atomic E-state index is -0.441. The van der Waals surface area contributed by atoms with Crippen molar-refractivity contribution in [1.29, 1.82) is 0 Å². The number of nitrogens with zero attached hydrogens (tertiary/aromatic N) is 6. The van der Waals surface area contributed by atoms with Gasteiger partial charge >= 0.3 is 0 Å². The van der Waals surface area contributed by atoms with Gasteiger partial charge < -0.3 is 10.3 Å². The number of aromatic nitrogens is 6. The van der Waals surface area contributed by atoms with E-state index in [9.17, 15) is 0 Å². The fraction of sp³-hybridized carbons (Fsp3) is 0.533. The summed E-state index contributed by atoms with van der Waals surface area (Å²) < 4.78 is 7.07. The summed E-state index contributed by atoms with van der Waals surface area (Å²) in [6, 6.07) is 1.97. The van der Waals surface area contributed by atoms with Crippen molar-refractivity contribution in [2.45, 2.75) is 51.5 Å². The van der Waals surface area contributed by atoms with Gasteiger partial charge in [-0.25, -0.2) is 9.50 Å². The van der Waals surface area contributed by atoms with E-state index >= 15 is 0 Å². The Morgan fingerprint density at radius 2 is 1.96 bits per heavy atom. The number of nitrogens with two attached hydrogens (primary N) is 1. The van der Waals surface area contributed by atoms with Crippen LogP contribution in [0.5, 0.6) is 0 Å².